The van der Waals surface area contributed by atoms with Gasteiger partial charge in [-0.1, -0.05) is 23.7 Å². The number of carbonyl (C=O) groups excluding carboxylic acids is 2. The average molecular weight is 253 g/mol. The number of halogens is 1. The Hall–Kier alpha value is -1.39. The highest BCUT2D eigenvalue weighted by atomic mass is 35.5. The van der Waals surface area contributed by atoms with Gasteiger partial charge in [0.15, 0.2) is 0 Å². The van der Waals surface area contributed by atoms with Gasteiger partial charge in [0.1, 0.15) is 0 Å². The summed E-state index contributed by atoms with van der Waals surface area (Å²) in [6.45, 7) is 1.25. The third-order valence-electron chi connectivity index (χ3n) is 2.62. The first kappa shape index (κ1) is 12.1. The molecule has 2 amide bonds. The van der Waals surface area contributed by atoms with Gasteiger partial charge in [0, 0.05) is 11.6 Å². The Morgan fingerprint density at radius 2 is 1.94 bits per heavy atom. The predicted octanol–water partition coefficient (Wildman–Crippen LogP) is 0.841. The quantitative estimate of drug-likeness (QED) is 0.811. The van der Waals surface area contributed by atoms with Gasteiger partial charge in [0.25, 0.3) is 0 Å². The molecule has 0 bridgehead atoms. The molecule has 0 unspecified atom stereocenters. The fourth-order valence-electron chi connectivity index (χ4n) is 1.83. The van der Waals surface area contributed by atoms with Gasteiger partial charge < -0.3 is 0 Å². The fourth-order valence-corrected chi connectivity index (χ4v) is 2.05. The van der Waals surface area contributed by atoms with E-state index in [1.807, 2.05) is 29.2 Å². The standard InChI is InChI=1S/C12H13ClN2O2/c13-10-3-1-2-9(6-10)4-5-15-7-11(16)14-12(17)8-15/h1-3,6H,4-5,7-8H2,(H,14,16,17). The van der Waals surface area contributed by atoms with E-state index in [2.05, 4.69) is 5.32 Å². The summed E-state index contributed by atoms with van der Waals surface area (Å²) in [4.78, 5) is 24.1. The smallest absolute Gasteiger partial charge is 0.240 e. The van der Waals surface area contributed by atoms with E-state index in [0.29, 0.717) is 11.6 Å². The van der Waals surface area contributed by atoms with Crippen LogP contribution in [-0.2, 0) is 16.0 Å². The van der Waals surface area contributed by atoms with E-state index >= 15 is 0 Å². The molecule has 0 radical (unpaired) electrons. The zero-order valence-electron chi connectivity index (χ0n) is 9.28. The van der Waals surface area contributed by atoms with Crippen molar-refractivity contribution in [2.24, 2.45) is 0 Å². The van der Waals surface area contributed by atoms with E-state index in [-0.39, 0.29) is 24.9 Å². The third kappa shape index (κ3) is 3.54. The van der Waals surface area contributed by atoms with Crippen LogP contribution in [-0.4, -0.2) is 36.3 Å². The molecule has 1 aromatic rings. The second-order valence-corrected chi connectivity index (χ2v) is 4.50. The van der Waals surface area contributed by atoms with Crippen LogP contribution in [0.1, 0.15) is 5.56 Å². The van der Waals surface area contributed by atoms with Crippen molar-refractivity contribution in [1.82, 2.24) is 10.2 Å². The first-order valence-corrected chi connectivity index (χ1v) is 5.81. The summed E-state index contributed by atoms with van der Waals surface area (Å²) in [7, 11) is 0. The fraction of sp³-hybridized carbons (Fsp3) is 0.333. The molecule has 1 aliphatic heterocycles. The molecule has 5 heteroatoms. The average Bonchev–Trinajstić information content (AvgIpc) is 2.25. The van der Waals surface area contributed by atoms with Gasteiger partial charge in [0.2, 0.25) is 11.8 Å². The Labute approximate surface area is 105 Å². The van der Waals surface area contributed by atoms with Gasteiger partial charge in [-0.3, -0.25) is 19.8 Å². The van der Waals surface area contributed by atoms with Crippen molar-refractivity contribution in [2.45, 2.75) is 6.42 Å². The van der Waals surface area contributed by atoms with Crippen molar-refractivity contribution < 1.29 is 9.59 Å². The second-order valence-electron chi connectivity index (χ2n) is 4.06. The lowest BCUT2D eigenvalue weighted by atomic mass is 10.1. The maximum atomic E-state index is 11.2. The molecule has 90 valence electrons. The van der Waals surface area contributed by atoms with Crippen LogP contribution < -0.4 is 5.32 Å². The van der Waals surface area contributed by atoms with Crippen LogP contribution in [0.2, 0.25) is 5.02 Å². The Bertz CT molecular complexity index is 432. The summed E-state index contributed by atoms with van der Waals surface area (Å²) >= 11 is 5.88. The minimum atomic E-state index is -0.229. The number of benzene rings is 1. The highest BCUT2D eigenvalue weighted by Crippen LogP contribution is 2.11. The van der Waals surface area contributed by atoms with Gasteiger partial charge in [-0.05, 0) is 24.1 Å². The molecule has 1 saturated heterocycles. The number of piperazine rings is 1. The van der Waals surface area contributed by atoms with Crippen LogP contribution in [0.25, 0.3) is 0 Å². The van der Waals surface area contributed by atoms with Crippen molar-refractivity contribution in [3.05, 3.63) is 34.9 Å². The number of nitrogens with one attached hydrogen (secondary N) is 1. The largest absolute Gasteiger partial charge is 0.294 e. The molecule has 0 aliphatic carbocycles. The number of amides is 2. The van der Waals surface area contributed by atoms with Crippen LogP contribution in [0.5, 0.6) is 0 Å². The van der Waals surface area contributed by atoms with Crippen LogP contribution >= 0.6 is 11.6 Å². The van der Waals surface area contributed by atoms with E-state index in [1.165, 1.54) is 0 Å². The lowest BCUT2D eigenvalue weighted by Crippen LogP contribution is -2.51. The van der Waals surface area contributed by atoms with Crippen LogP contribution in [0.15, 0.2) is 24.3 Å². The molecule has 0 spiro atoms. The number of rotatable bonds is 3. The van der Waals surface area contributed by atoms with Crippen LogP contribution in [0.4, 0.5) is 0 Å². The number of hydrogen-bond acceptors (Lipinski definition) is 3. The molecule has 1 heterocycles. The minimum Gasteiger partial charge on any atom is -0.294 e. The normalized spacial score (nSPS) is 17.0. The van der Waals surface area contributed by atoms with E-state index < -0.39 is 0 Å². The Morgan fingerprint density at radius 1 is 1.24 bits per heavy atom. The first-order chi connectivity index (χ1) is 8.13. The molecule has 1 aromatic carbocycles. The van der Waals surface area contributed by atoms with Crippen molar-refractivity contribution in [3.8, 4) is 0 Å². The summed E-state index contributed by atoms with van der Waals surface area (Å²) in [6, 6.07) is 7.60. The SMILES string of the molecule is O=C1CN(CCc2cccc(Cl)c2)CC(=O)N1. The number of carbonyl (C=O) groups is 2. The number of nitrogens with zero attached hydrogens (tertiary/aromatic N) is 1. The predicted molar refractivity (Wildman–Crippen MR) is 64.7 cm³/mol. The molecule has 17 heavy (non-hydrogen) atoms. The Balaban J connectivity index is 1.89. The summed E-state index contributed by atoms with van der Waals surface area (Å²) in [5.74, 6) is -0.459. The van der Waals surface area contributed by atoms with E-state index in [1.54, 1.807) is 0 Å². The zero-order chi connectivity index (χ0) is 12.3. The monoisotopic (exact) mass is 252 g/mol. The molecule has 0 aromatic heterocycles. The van der Waals surface area contributed by atoms with Crippen molar-refractivity contribution >= 4 is 23.4 Å². The third-order valence-corrected chi connectivity index (χ3v) is 2.85. The molecule has 1 N–H and O–H groups in total. The molecule has 4 nitrogen and oxygen atoms in total. The van der Waals surface area contributed by atoms with E-state index in [4.69, 9.17) is 11.6 Å². The van der Waals surface area contributed by atoms with Gasteiger partial charge in [-0.15, -0.1) is 0 Å². The van der Waals surface area contributed by atoms with Crippen molar-refractivity contribution in [3.63, 3.8) is 0 Å². The first-order valence-electron chi connectivity index (χ1n) is 5.43. The van der Waals surface area contributed by atoms with Gasteiger partial charge in [-0.25, -0.2) is 0 Å². The van der Waals surface area contributed by atoms with E-state index in [9.17, 15) is 9.59 Å². The molecule has 2 rings (SSSR count). The summed E-state index contributed by atoms with van der Waals surface area (Å²) in [5, 5.41) is 2.98. The molecule has 0 atom stereocenters. The highest BCUT2D eigenvalue weighted by Gasteiger charge is 2.21. The summed E-state index contributed by atoms with van der Waals surface area (Å²) in [5.41, 5.74) is 1.11. The Kier molecular flexibility index (Phi) is 3.76. The molecule has 1 fully saturated rings. The maximum absolute atomic E-state index is 11.2. The van der Waals surface area contributed by atoms with Crippen LogP contribution in [0.3, 0.4) is 0 Å². The molecular weight excluding hydrogens is 240 g/mol. The van der Waals surface area contributed by atoms with Crippen LogP contribution in [0, 0.1) is 0 Å². The molecular formula is C12H13ClN2O2. The number of imide groups is 1. The lowest BCUT2D eigenvalue weighted by Gasteiger charge is -2.25. The maximum Gasteiger partial charge on any atom is 0.240 e. The highest BCUT2D eigenvalue weighted by molar-refractivity contribution is 6.30. The van der Waals surface area contributed by atoms with Gasteiger partial charge in [-0.2, -0.15) is 0 Å². The Morgan fingerprint density at radius 3 is 2.59 bits per heavy atom. The topological polar surface area (TPSA) is 49.4 Å². The summed E-state index contributed by atoms with van der Waals surface area (Å²) in [6.07, 6.45) is 0.779. The summed E-state index contributed by atoms with van der Waals surface area (Å²) < 4.78 is 0. The van der Waals surface area contributed by atoms with Crippen molar-refractivity contribution in [1.29, 1.82) is 0 Å². The zero-order valence-corrected chi connectivity index (χ0v) is 10.0. The number of hydrogen-bond donors (Lipinski definition) is 1. The van der Waals surface area contributed by atoms with Gasteiger partial charge in [0.05, 0.1) is 13.1 Å². The van der Waals surface area contributed by atoms with Crippen molar-refractivity contribution in [2.75, 3.05) is 19.6 Å². The minimum absolute atomic E-state index is 0.229. The molecule has 0 saturated carbocycles. The lowest BCUT2D eigenvalue weighted by molar-refractivity contribution is -0.135. The second kappa shape index (κ2) is 5.29. The van der Waals surface area contributed by atoms with Gasteiger partial charge >= 0.3 is 0 Å². The molecule has 1 aliphatic rings. The van der Waals surface area contributed by atoms with E-state index in [0.717, 1.165) is 12.0 Å².